The Morgan fingerprint density at radius 2 is 1.86 bits per heavy atom. The minimum Gasteiger partial charge on any atom is -0.465 e. The van der Waals surface area contributed by atoms with Crippen LogP contribution in [-0.2, 0) is 17.5 Å². The van der Waals surface area contributed by atoms with E-state index in [4.69, 9.17) is 0 Å². The minimum atomic E-state index is -4.54. The van der Waals surface area contributed by atoms with Gasteiger partial charge >= 0.3 is 12.1 Å². The summed E-state index contributed by atoms with van der Waals surface area (Å²) in [6.07, 6.45) is -3.81. The Kier molecular flexibility index (Phi) is 4.35. The Hall–Kier alpha value is -2.57. The van der Waals surface area contributed by atoms with E-state index in [2.05, 4.69) is 4.74 Å². The van der Waals surface area contributed by atoms with Crippen LogP contribution in [0.25, 0.3) is 0 Å². The Morgan fingerprint density at radius 3 is 2.50 bits per heavy atom. The van der Waals surface area contributed by atoms with Gasteiger partial charge in [0, 0.05) is 12.3 Å². The summed E-state index contributed by atoms with van der Waals surface area (Å²) in [6.45, 7) is -0.159. The third-order valence-electron chi connectivity index (χ3n) is 3.07. The summed E-state index contributed by atoms with van der Waals surface area (Å²) in [5.41, 5.74) is -0.916. The van der Waals surface area contributed by atoms with Gasteiger partial charge in [0.1, 0.15) is 0 Å². The molecule has 7 heteroatoms. The van der Waals surface area contributed by atoms with E-state index < -0.39 is 23.3 Å². The van der Waals surface area contributed by atoms with Gasteiger partial charge in [0.05, 0.1) is 24.8 Å². The van der Waals surface area contributed by atoms with Crippen molar-refractivity contribution in [2.24, 2.45) is 0 Å². The smallest absolute Gasteiger partial charge is 0.417 e. The van der Waals surface area contributed by atoms with Crippen molar-refractivity contribution in [3.05, 3.63) is 69.6 Å². The van der Waals surface area contributed by atoms with Gasteiger partial charge in [0.15, 0.2) is 0 Å². The lowest BCUT2D eigenvalue weighted by Crippen LogP contribution is -2.23. The molecule has 0 aliphatic rings. The summed E-state index contributed by atoms with van der Waals surface area (Å²) in [4.78, 5) is 23.4. The zero-order chi connectivity index (χ0) is 16.3. The van der Waals surface area contributed by atoms with E-state index in [1.54, 1.807) is 18.2 Å². The molecule has 4 nitrogen and oxygen atoms in total. The van der Waals surface area contributed by atoms with Crippen LogP contribution >= 0.6 is 0 Å². The standard InChI is InChI=1S/C15H12F3NO3/c1-22-14(21)12-5-3-2-4-10(12)8-19-9-11(15(16,17)18)6-7-13(19)20/h2-7,9H,8H2,1H3. The van der Waals surface area contributed by atoms with Crippen LogP contribution in [0.5, 0.6) is 0 Å². The number of ether oxygens (including phenoxy) is 1. The molecule has 0 fully saturated rings. The van der Waals surface area contributed by atoms with Crippen molar-refractivity contribution in [2.75, 3.05) is 7.11 Å². The molecule has 0 saturated carbocycles. The molecule has 0 saturated heterocycles. The summed E-state index contributed by atoms with van der Waals surface area (Å²) in [6, 6.07) is 7.85. The molecule has 0 aliphatic carbocycles. The number of methoxy groups -OCH3 is 1. The van der Waals surface area contributed by atoms with E-state index in [0.717, 1.165) is 22.9 Å². The summed E-state index contributed by atoms with van der Waals surface area (Å²) < 4.78 is 43.7. The van der Waals surface area contributed by atoms with Gasteiger partial charge < -0.3 is 9.30 Å². The number of aromatic nitrogens is 1. The number of esters is 1. The largest absolute Gasteiger partial charge is 0.465 e. The highest BCUT2D eigenvalue weighted by Gasteiger charge is 2.31. The monoisotopic (exact) mass is 311 g/mol. The van der Waals surface area contributed by atoms with Gasteiger partial charge in [0.25, 0.3) is 5.56 Å². The fraction of sp³-hybridized carbons (Fsp3) is 0.200. The molecule has 0 atom stereocenters. The maximum absolute atomic E-state index is 12.7. The first-order chi connectivity index (χ1) is 10.3. The lowest BCUT2D eigenvalue weighted by molar-refractivity contribution is -0.138. The van der Waals surface area contributed by atoms with E-state index >= 15 is 0 Å². The van der Waals surface area contributed by atoms with Gasteiger partial charge in [-0.1, -0.05) is 18.2 Å². The summed E-state index contributed by atoms with van der Waals surface area (Å²) in [5, 5.41) is 0. The van der Waals surface area contributed by atoms with Gasteiger partial charge in [-0.2, -0.15) is 13.2 Å². The highest BCUT2D eigenvalue weighted by molar-refractivity contribution is 5.90. The van der Waals surface area contributed by atoms with Crippen LogP contribution in [0.15, 0.2) is 47.4 Å². The van der Waals surface area contributed by atoms with Gasteiger partial charge in [0.2, 0.25) is 0 Å². The molecule has 0 N–H and O–H groups in total. The van der Waals surface area contributed by atoms with Crippen LogP contribution in [-0.4, -0.2) is 17.6 Å². The number of alkyl halides is 3. The van der Waals surface area contributed by atoms with Gasteiger partial charge in [-0.3, -0.25) is 4.79 Å². The lowest BCUT2D eigenvalue weighted by Gasteiger charge is -2.12. The van der Waals surface area contributed by atoms with Crippen molar-refractivity contribution in [3.8, 4) is 0 Å². The third kappa shape index (κ3) is 3.36. The predicted molar refractivity (Wildman–Crippen MR) is 72.6 cm³/mol. The molecule has 0 amide bonds. The number of hydrogen-bond acceptors (Lipinski definition) is 3. The normalized spacial score (nSPS) is 11.3. The quantitative estimate of drug-likeness (QED) is 0.819. The number of carbonyl (C=O) groups excluding carboxylic acids is 1. The highest BCUT2D eigenvalue weighted by Crippen LogP contribution is 2.28. The molecule has 2 rings (SSSR count). The number of rotatable bonds is 3. The Labute approximate surface area is 123 Å². The number of benzene rings is 1. The molecule has 0 spiro atoms. The van der Waals surface area contributed by atoms with Crippen molar-refractivity contribution in [1.82, 2.24) is 4.57 Å². The molecule has 116 valence electrons. The van der Waals surface area contributed by atoms with Crippen LogP contribution < -0.4 is 5.56 Å². The van der Waals surface area contributed by atoms with E-state index in [1.165, 1.54) is 13.2 Å². The first-order valence-corrected chi connectivity index (χ1v) is 6.27. The highest BCUT2D eigenvalue weighted by atomic mass is 19.4. The maximum Gasteiger partial charge on any atom is 0.417 e. The predicted octanol–water partition coefficient (Wildman–Crippen LogP) is 2.70. The fourth-order valence-electron chi connectivity index (χ4n) is 1.97. The molecule has 2 aromatic rings. The van der Waals surface area contributed by atoms with Crippen LogP contribution in [0.1, 0.15) is 21.5 Å². The number of halogens is 3. The third-order valence-corrected chi connectivity index (χ3v) is 3.07. The molecule has 0 bridgehead atoms. The Morgan fingerprint density at radius 1 is 1.18 bits per heavy atom. The van der Waals surface area contributed by atoms with Crippen molar-refractivity contribution in [1.29, 1.82) is 0 Å². The average molecular weight is 311 g/mol. The van der Waals surface area contributed by atoms with Crippen LogP contribution in [0, 0.1) is 0 Å². The number of pyridine rings is 1. The first-order valence-electron chi connectivity index (χ1n) is 6.27. The molecule has 0 radical (unpaired) electrons. The molecule has 22 heavy (non-hydrogen) atoms. The topological polar surface area (TPSA) is 48.3 Å². The van der Waals surface area contributed by atoms with E-state index in [-0.39, 0.29) is 12.1 Å². The van der Waals surface area contributed by atoms with Crippen molar-refractivity contribution in [2.45, 2.75) is 12.7 Å². The second-order valence-corrected chi connectivity index (χ2v) is 4.53. The molecular weight excluding hydrogens is 299 g/mol. The molecule has 1 aromatic carbocycles. The summed E-state index contributed by atoms with van der Waals surface area (Å²) in [5.74, 6) is -0.615. The molecular formula is C15H12F3NO3. The van der Waals surface area contributed by atoms with Crippen molar-refractivity contribution >= 4 is 5.97 Å². The average Bonchev–Trinajstić information content (AvgIpc) is 2.48. The number of carbonyl (C=O) groups is 1. The molecule has 1 aromatic heterocycles. The SMILES string of the molecule is COC(=O)c1ccccc1Cn1cc(C(F)(F)F)ccc1=O. The van der Waals surface area contributed by atoms with E-state index in [1.807, 2.05) is 0 Å². The Bertz CT molecular complexity index is 750. The fourth-order valence-corrected chi connectivity index (χ4v) is 1.97. The number of nitrogens with zero attached hydrogens (tertiary/aromatic N) is 1. The molecule has 0 aliphatic heterocycles. The lowest BCUT2D eigenvalue weighted by atomic mass is 10.1. The van der Waals surface area contributed by atoms with E-state index in [0.29, 0.717) is 5.56 Å². The molecule has 0 unspecified atom stereocenters. The van der Waals surface area contributed by atoms with Crippen LogP contribution in [0.3, 0.4) is 0 Å². The first kappa shape index (κ1) is 15.8. The maximum atomic E-state index is 12.7. The van der Waals surface area contributed by atoms with Gasteiger partial charge in [-0.25, -0.2) is 4.79 Å². The van der Waals surface area contributed by atoms with Crippen LogP contribution in [0.4, 0.5) is 13.2 Å². The number of hydrogen-bond donors (Lipinski definition) is 0. The summed E-state index contributed by atoms with van der Waals surface area (Å²) >= 11 is 0. The zero-order valence-electron chi connectivity index (χ0n) is 11.6. The van der Waals surface area contributed by atoms with Crippen molar-refractivity contribution in [3.63, 3.8) is 0 Å². The second-order valence-electron chi connectivity index (χ2n) is 4.53. The van der Waals surface area contributed by atoms with Gasteiger partial charge in [-0.05, 0) is 17.7 Å². The Balaban J connectivity index is 2.44. The van der Waals surface area contributed by atoms with Gasteiger partial charge in [-0.15, -0.1) is 0 Å². The van der Waals surface area contributed by atoms with Crippen LogP contribution in [0.2, 0.25) is 0 Å². The minimum absolute atomic E-state index is 0.159. The molecule has 1 heterocycles. The zero-order valence-corrected chi connectivity index (χ0v) is 11.6. The van der Waals surface area contributed by atoms with Crippen molar-refractivity contribution < 1.29 is 22.7 Å². The second kappa shape index (κ2) is 6.05. The summed E-state index contributed by atoms with van der Waals surface area (Å²) in [7, 11) is 1.20. The van der Waals surface area contributed by atoms with E-state index in [9.17, 15) is 22.8 Å².